The Balaban J connectivity index is 2.23. The Bertz CT molecular complexity index is 1050. The molecule has 0 saturated carbocycles. The van der Waals surface area contributed by atoms with E-state index in [4.69, 9.17) is 0 Å². The van der Waals surface area contributed by atoms with E-state index in [1.807, 2.05) is 0 Å². The van der Waals surface area contributed by atoms with Crippen LogP contribution in [0.1, 0.15) is 17.2 Å². The first-order valence-corrected chi connectivity index (χ1v) is 9.80. The highest BCUT2D eigenvalue weighted by molar-refractivity contribution is 6.00. The fourth-order valence-electron chi connectivity index (χ4n) is 3.76. The van der Waals surface area contributed by atoms with Crippen LogP contribution in [0.3, 0.4) is 0 Å². The largest absolute Gasteiger partial charge is 0.454 e. The Morgan fingerprint density at radius 2 is 1.14 bits per heavy atom. The molecule has 0 aliphatic carbocycles. The fourth-order valence-corrected chi connectivity index (χ4v) is 3.76. The average Bonchev–Trinajstić information content (AvgIpc) is 2.77. The predicted molar refractivity (Wildman–Crippen MR) is 104 cm³/mol. The van der Waals surface area contributed by atoms with Crippen molar-refractivity contribution in [1.82, 2.24) is 4.90 Å². The zero-order valence-corrected chi connectivity index (χ0v) is 17.3. The monoisotopic (exact) mass is 511 g/mol. The smallest absolute Gasteiger partial charge is 0.343 e. The van der Waals surface area contributed by atoms with Crippen molar-refractivity contribution in [1.29, 1.82) is 0 Å². The van der Waals surface area contributed by atoms with Crippen LogP contribution < -0.4 is 0 Å². The first-order valence-electron chi connectivity index (χ1n) is 9.80. The molecule has 3 rings (SSSR count). The van der Waals surface area contributed by atoms with Crippen LogP contribution in [-0.2, 0) is 4.79 Å². The SMILES string of the molecule is O=C(C1=CN(C(c2ccccc2)c2ccccc2)C=CC1C(F)(C(F)(F)F)C(F)(F)F)C(F)(F)F. The van der Waals surface area contributed by atoms with Crippen LogP contribution in [0.15, 0.2) is 84.7 Å². The number of alkyl halides is 10. The first kappa shape index (κ1) is 26.3. The molecule has 0 aromatic heterocycles. The van der Waals surface area contributed by atoms with Gasteiger partial charge in [0.1, 0.15) is 0 Å². The number of ketones is 1. The molecule has 2 nitrogen and oxygen atoms in total. The Kier molecular flexibility index (Phi) is 6.80. The standard InChI is InChI=1S/C23H15F10NO/c24-20(22(28,29)30,23(31,32)33)17-11-12-34(13-16(17)19(35)21(25,26)27)18(14-7-3-1-4-8-14)15-9-5-2-6-10-15/h1-13,17-18H. The van der Waals surface area contributed by atoms with Gasteiger partial charge in [-0.05, 0) is 11.1 Å². The summed E-state index contributed by atoms with van der Waals surface area (Å²) in [6.07, 6.45) is -18.4. The average molecular weight is 511 g/mol. The zero-order chi connectivity index (χ0) is 26.2. The van der Waals surface area contributed by atoms with E-state index in [1.54, 1.807) is 36.4 Å². The highest BCUT2D eigenvalue weighted by Crippen LogP contribution is 2.54. The number of allylic oxidation sites excluding steroid dienone is 2. The minimum absolute atomic E-state index is 0.0150. The van der Waals surface area contributed by atoms with E-state index < -0.39 is 47.5 Å². The Labute approximate surface area is 192 Å². The van der Waals surface area contributed by atoms with Crippen LogP contribution in [0.4, 0.5) is 43.9 Å². The lowest BCUT2D eigenvalue weighted by molar-refractivity contribution is -0.350. The van der Waals surface area contributed by atoms with Gasteiger partial charge in [0.25, 0.3) is 5.78 Å². The van der Waals surface area contributed by atoms with Gasteiger partial charge in [-0.1, -0.05) is 66.7 Å². The molecule has 0 radical (unpaired) electrons. The first-order chi connectivity index (χ1) is 16.1. The third-order valence-corrected chi connectivity index (χ3v) is 5.38. The van der Waals surface area contributed by atoms with Gasteiger partial charge in [-0.25, -0.2) is 4.39 Å². The van der Waals surface area contributed by atoms with Crippen molar-refractivity contribution in [2.75, 3.05) is 0 Å². The third-order valence-electron chi connectivity index (χ3n) is 5.38. The van der Waals surface area contributed by atoms with Gasteiger partial charge in [0, 0.05) is 18.0 Å². The van der Waals surface area contributed by atoms with Crippen molar-refractivity contribution < 1.29 is 48.7 Å². The number of rotatable bonds is 5. The number of carbonyl (C=O) groups excluding carboxylic acids is 1. The van der Waals surface area contributed by atoms with Gasteiger partial charge in [0.15, 0.2) is 0 Å². The van der Waals surface area contributed by atoms with Gasteiger partial charge in [0.2, 0.25) is 0 Å². The van der Waals surface area contributed by atoms with Gasteiger partial charge in [0.05, 0.1) is 12.0 Å². The lowest BCUT2D eigenvalue weighted by Gasteiger charge is -2.40. The highest BCUT2D eigenvalue weighted by atomic mass is 19.4. The van der Waals surface area contributed by atoms with Crippen LogP contribution in [0, 0.1) is 5.92 Å². The molecule has 12 heteroatoms. The zero-order valence-electron chi connectivity index (χ0n) is 17.3. The van der Waals surface area contributed by atoms with E-state index in [-0.39, 0.29) is 12.3 Å². The Hall–Kier alpha value is -3.31. The number of halogens is 10. The van der Waals surface area contributed by atoms with Gasteiger partial charge in [-0.2, -0.15) is 39.5 Å². The summed E-state index contributed by atoms with van der Waals surface area (Å²) in [5.74, 6) is -6.65. The topological polar surface area (TPSA) is 20.3 Å². The Morgan fingerprint density at radius 3 is 1.51 bits per heavy atom. The molecule has 1 heterocycles. The second-order valence-electron chi connectivity index (χ2n) is 7.61. The number of hydrogen-bond donors (Lipinski definition) is 0. The molecule has 1 aliphatic heterocycles. The molecule has 0 spiro atoms. The Morgan fingerprint density at radius 1 is 0.714 bits per heavy atom. The molecule has 1 aliphatic rings. The lowest BCUT2D eigenvalue weighted by atomic mass is 9.78. The van der Waals surface area contributed by atoms with Crippen molar-refractivity contribution in [2.24, 2.45) is 5.92 Å². The minimum Gasteiger partial charge on any atom is -0.343 e. The van der Waals surface area contributed by atoms with Gasteiger partial charge in [-0.3, -0.25) is 4.79 Å². The summed E-state index contributed by atoms with van der Waals surface area (Å²) in [6, 6.07) is 14.4. The molecular weight excluding hydrogens is 496 g/mol. The van der Waals surface area contributed by atoms with Crippen molar-refractivity contribution in [3.8, 4) is 0 Å². The van der Waals surface area contributed by atoms with Gasteiger partial charge in [-0.15, -0.1) is 0 Å². The molecular formula is C23H15F10NO. The van der Waals surface area contributed by atoms with Crippen LogP contribution in [-0.4, -0.2) is 34.9 Å². The predicted octanol–water partition coefficient (Wildman–Crippen LogP) is 7.07. The maximum atomic E-state index is 14.8. The number of benzene rings is 2. The van der Waals surface area contributed by atoms with E-state index in [1.165, 1.54) is 24.3 Å². The molecule has 0 N–H and O–H groups in total. The van der Waals surface area contributed by atoms with Crippen LogP contribution in [0.5, 0.6) is 0 Å². The fraction of sp³-hybridized carbons (Fsp3) is 0.261. The van der Waals surface area contributed by atoms with Crippen molar-refractivity contribution in [3.63, 3.8) is 0 Å². The second-order valence-corrected chi connectivity index (χ2v) is 7.61. The molecule has 0 amide bonds. The van der Waals surface area contributed by atoms with Crippen LogP contribution in [0.25, 0.3) is 0 Å². The van der Waals surface area contributed by atoms with Gasteiger partial charge < -0.3 is 4.90 Å². The molecule has 2 aromatic carbocycles. The number of carbonyl (C=O) groups is 1. The maximum absolute atomic E-state index is 14.8. The molecule has 188 valence electrons. The minimum atomic E-state index is -6.67. The third kappa shape index (κ3) is 4.92. The number of hydrogen-bond acceptors (Lipinski definition) is 2. The summed E-state index contributed by atoms with van der Waals surface area (Å²) in [4.78, 5) is 12.9. The molecule has 1 unspecified atom stereocenters. The molecule has 0 fully saturated rings. The quantitative estimate of drug-likeness (QED) is 0.401. The maximum Gasteiger partial charge on any atom is 0.454 e. The van der Waals surface area contributed by atoms with Crippen molar-refractivity contribution in [2.45, 2.75) is 30.2 Å². The summed E-state index contributed by atoms with van der Waals surface area (Å²) in [5, 5.41) is 0. The normalized spacial score (nSPS) is 17.5. The summed E-state index contributed by atoms with van der Waals surface area (Å²) >= 11 is 0. The van der Waals surface area contributed by atoms with E-state index in [0.29, 0.717) is 17.3 Å². The van der Waals surface area contributed by atoms with E-state index >= 15 is 0 Å². The van der Waals surface area contributed by atoms with Crippen LogP contribution >= 0.6 is 0 Å². The van der Waals surface area contributed by atoms with Crippen LogP contribution in [0.2, 0.25) is 0 Å². The second kappa shape index (κ2) is 9.04. The van der Waals surface area contributed by atoms with Crippen molar-refractivity contribution in [3.05, 3.63) is 95.8 Å². The molecule has 0 bridgehead atoms. The van der Waals surface area contributed by atoms with Crippen molar-refractivity contribution >= 4 is 5.78 Å². The summed E-state index contributed by atoms with van der Waals surface area (Å²) in [6.45, 7) is 0. The molecule has 2 aromatic rings. The van der Waals surface area contributed by atoms with E-state index in [9.17, 15) is 48.7 Å². The summed E-state index contributed by atoms with van der Waals surface area (Å²) in [5.41, 5.74) is -7.41. The molecule has 0 saturated heterocycles. The number of nitrogens with zero attached hydrogens (tertiary/aromatic N) is 1. The molecule has 1 atom stereocenters. The highest BCUT2D eigenvalue weighted by Gasteiger charge is 2.77. The van der Waals surface area contributed by atoms with E-state index in [0.717, 1.165) is 4.90 Å². The summed E-state index contributed by atoms with van der Waals surface area (Å²) < 4.78 is 135. The van der Waals surface area contributed by atoms with E-state index in [2.05, 4.69) is 0 Å². The molecule has 35 heavy (non-hydrogen) atoms. The van der Waals surface area contributed by atoms with Gasteiger partial charge >= 0.3 is 24.2 Å². The lowest BCUT2D eigenvalue weighted by Crippen LogP contribution is -2.59. The summed E-state index contributed by atoms with van der Waals surface area (Å²) in [7, 11) is 0. The number of Topliss-reactive ketones (excluding diaryl/α,β-unsaturated/α-hetero) is 1.